The summed E-state index contributed by atoms with van der Waals surface area (Å²) < 4.78 is 14.4. The smallest absolute Gasteiger partial charge is 0.226 e. The van der Waals surface area contributed by atoms with Crippen molar-refractivity contribution in [3.63, 3.8) is 0 Å². The first-order valence-corrected chi connectivity index (χ1v) is 6.65. The fraction of sp³-hybridized carbons (Fsp3) is 0.333. The van der Waals surface area contributed by atoms with Crippen LogP contribution >= 0.6 is 15.9 Å². The Hall–Kier alpha value is -1.67. The highest BCUT2D eigenvalue weighted by Gasteiger charge is 2.33. The van der Waals surface area contributed by atoms with Crippen molar-refractivity contribution in [2.45, 2.75) is 26.1 Å². The predicted molar refractivity (Wildman–Crippen MR) is 78.1 cm³/mol. The maximum absolute atomic E-state index is 13.6. The number of hydrogen-bond acceptors (Lipinski definition) is 6. The van der Waals surface area contributed by atoms with Gasteiger partial charge in [-0.2, -0.15) is 10.1 Å². The third-order valence-corrected chi connectivity index (χ3v) is 3.17. The predicted octanol–water partition coefficient (Wildman–Crippen LogP) is 1.70. The van der Waals surface area contributed by atoms with Crippen molar-refractivity contribution in [3.05, 3.63) is 34.1 Å². The zero-order valence-corrected chi connectivity index (χ0v) is 12.7. The van der Waals surface area contributed by atoms with E-state index in [9.17, 15) is 4.39 Å². The molecular formula is C12H15BrFN5O. The molecule has 0 fully saturated rings. The van der Waals surface area contributed by atoms with Gasteiger partial charge < -0.3 is 11.5 Å². The topological polar surface area (TPSA) is 89.2 Å². The van der Waals surface area contributed by atoms with Gasteiger partial charge >= 0.3 is 0 Å². The molecule has 1 aromatic rings. The van der Waals surface area contributed by atoms with Gasteiger partial charge in [0.05, 0.1) is 0 Å². The lowest BCUT2D eigenvalue weighted by atomic mass is 10.2. The van der Waals surface area contributed by atoms with Crippen molar-refractivity contribution in [2.24, 2.45) is 21.5 Å². The SMILES string of the molecule is CC1(C)N=C(N)N=C(N)N1OCc1cc(Br)ccc1F. The maximum atomic E-state index is 13.6. The van der Waals surface area contributed by atoms with E-state index in [4.69, 9.17) is 16.3 Å². The van der Waals surface area contributed by atoms with Gasteiger partial charge in [-0.1, -0.05) is 15.9 Å². The molecule has 1 heterocycles. The van der Waals surface area contributed by atoms with Gasteiger partial charge in [0.2, 0.25) is 11.9 Å². The van der Waals surface area contributed by atoms with Crippen LogP contribution in [0.2, 0.25) is 0 Å². The van der Waals surface area contributed by atoms with Crippen molar-refractivity contribution in [1.82, 2.24) is 5.06 Å². The van der Waals surface area contributed by atoms with Crippen LogP contribution in [0.15, 0.2) is 32.7 Å². The molecule has 0 aliphatic carbocycles. The Kier molecular flexibility index (Phi) is 3.96. The zero-order chi connectivity index (χ0) is 14.9. The molecule has 8 heteroatoms. The van der Waals surface area contributed by atoms with Crippen LogP contribution in [0, 0.1) is 5.82 Å². The summed E-state index contributed by atoms with van der Waals surface area (Å²) >= 11 is 3.28. The van der Waals surface area contributed by atoms with Gasteiger partial charge in [0.15, 0.2) is 5.66 Å². The minimum Gasteiger partial charge on any atom is -0.368 e. The molecule has 0 bridgehead atoms. The van der Waals surface area contributed by atoms with E-state index in [0.29, 0.717) is 5.56 Å². The van der Waals surface area contributed by atoms with Gasteiger partial charge in [0.25, 0.3) is 0 Å². The molecular weight excluding hydrogens is 329 g/mol. The standard InChI is InChI=1S/C12H15BrFN5O/c1-12(2)18-10(15)17-11(16)19(12)20-6-7-5-8(13)3-4-9(7)14/h3-5H,6H2,1-2H3,(H4,15,16,17,18). The molecule has 20 heavy (non-hydrogen) atoms. The van der Waals surface area contributed by atoms with Crippen LogP contribution in [-0.2, 0) is 11.4 Å². The second-order valence-electron chi connectivity index (χ2n) is 4.74. The van der Waals surface area contributed by atoms with E-state index in [1.165, 1.54) is 11.1 Å². The number of guanidine groups is 2. The van der Waals surface area contributed by atoms with Gasteiger partial charge in [-0.15, -0.1) is 0 Å². The third kappa shape index (κ3) is 3.07. The Labute approximate surface area is 124 Å². The summed E-state index contributed by atoms with van der Waals surface area (Å²) in [7, 11) is 0. The molecule has 0 unspecified atom stereocenters. The fourth-order valence-electron chi connectivity index (χ4n) is 1.81. The van der Waals surface area contributed by atoms with Crippen LogP contribution in [0.3, 0.4) is 0 Å². The number of nitrogens with two attached hydrogens (primary N) is 2. The molecule has 1 aliphatic rings. The molecule has 0 saturated heterocycles. The summed E-state index contributed by atoms with van der Waals surface area (Å²) in [4.78, 5) is 13.5. The van der Waals surface area contributed by atoms with Crippen LogP contribution in [-0.4, -0.2) is 22.6 Å². The Morgan fingerprint density at radius 3 is 2.75 bits per heavy atom. The van der Waals surface area contributed by atoms with Crippen LogP contribution in [0.25, 0.3) is 0 Å². The molecule has 4 N–H and O–H groups in total. The first kappa shape index (κ1) is 14.7. The van der Waals surface area contributed by atoms with E-state index in [1.807, 2.05) is 0 Å². The lowest BCUT2D eigenvalue weighted by Gasteiger charge is -2.36. The van der Waals surface area contributed by atoms with E-state index in [0.717, 1.165) is 4.47 Å². The summed E-state index contributed by atoms with van der Waals surface area (Å²) in [6.07, 6.45) is 0. The summed E-state index contributed by atoms with van der Waals surface area (Å²) in [5.74, 6) is -0.194. The second-order valence-corrected chi connectivity index (χ2v) is 5.65. The highest BCUT2D eigenvalue weighted by molar-refractivity contribution is 9.10. The minimum atomic E-state index is -0.807. The minimum absolute atomic E-state index is 0.000345. The summed E-state index contributed by atoms with van der Waals surface area (Å²) in [5, 5.41) is 1.31. The van der Waals surface area contributed by atoms with Gasteiger partial charge in [-0.3, -0.25) is 4.84 Å². The van der Waals surface area contributed by atoms with Crippen LogP contribution < -0.4 is 11.5 Å². The van der Waals surface area contributed by atoms with Crippen LogP contribution in [0.1, 0.15) is 19.4 Å². The molecule has 0 radical (unpaired) electrons. The maximum Gasteiger partial charge on any atom is 0.226 e. The average Bonchev–Trinajstić information content (AvgIpc) is 2.31. The van der Waals surface area contributed by atoms with Gasteiger partial charge in [0, 0.05) is 10.0 Å². The first-order chi connectivity index (χ1) is 9.29. The Morgan fingerprint density at radius 1 is 1.40 bits per heavy atom. The van der Waals surface area contributed by atoms with E-state index in [2.05, 4.69) is 25.9 Å². The van der Waals surface area contributed by atoms with Crippen molar-refractivity contribution >= 4 is 27.8 Å². The number of aliphatic imine (C=N–C) groups is 2. The zero-order valence-electron chi connectivity index (χ0n) is 11.1. The lowest BCUT2D eigenvalue weighted by Crippen LogP contribution is -2.53. The van der Waals surface area contributed by atoms with E-state index >= 15 is 0 Å². The molecule has 0 saturated carbocycles. The molecule has 0 atom stereocenters. The molecule has 0 spiro atoms. The fourth-order valence-corrected chi connectivity index (χ4v) is 2.21. The molecule has 1 aromatic carbocycles. The number of hydrogen-bond donors (Lipinski definition) is 2. The van der Waals surface area contributed by atoms with Crippen molar-refractivity contribution in [3.8, 4) is 0 Å². The summed E-state index contributed by atoms with van der Waals surface area (Å²) in [5.41, 5.74) is 10.9. The highest BCUT2D eigenvalue weighted by Crippen LogP contribution is 2.22. The number of nitrogens with zero attached hydrogens (tertiary/aromatic N) is 3. The van der Waals surface area contributed by atoms with Crippen LogP contribution in [0.4, 0.5) is 4.39 Å². The summed E-state index contributed by atoms with van der Waals surface area (Å²) in [6, 6.07) is 4.61. The lowest BCUT2D eigenvalue weighted by molar-refractivity contribution is -0.167. The van der Waals surface area contributed by atoms with Crippen molar-refractivity contribution in [2.75, 3.05) is 0 Å². The summed E-state index contributed by atoms with van der Waals surface area (Å²) in [6.45, 7) is 3.53. The number of benzene rings is 1. The number of rotatable bonds is 3. The van der Waals surface area contributed by atoms with E-state index < -0.39 is 5.66 Å². The van der Waals surface area contributed by atoms with Gasteiger partial charge in [-0.05, 0) is 32.0 Å². The molecule has 6 nitrogen and oxygen atoms in total. The number of hydroxylamine groups is 2. The van der Waals surface area contributed by atoms with Crippen LogP contribution in [0.5, 0.6) is 0 Å². The van der Waals surface area contributed by atoms with Gasteiger partial charge in [0.1, 0.15) is 12.4 Å². The Balaban J connectivity index is 2.15. The van der Waals surface area contributed by atoms with Gasteiger partial charge in [-0.25, -0.2) is 9.38 Å². The quantitative estimate of drug-likeness (QED) is 0.873. The Bertz CT molecular complexity index is 587. The molecule has 1 aliphatic heterocycles. The third-order valence-electron chi connectivity index (χ3n) is 2.68. The molecule has 0 amide bonds. The normalized spacial score (nSPS) is 17.7. The Morgan fingerprint density at radius 2 is 2.10 bits per heavy atom. The van der Waals surface area contributed by atoms with E-state index in [-0.39, 0.29) is 24.3 Å². The van der Waals surface area contributed by atoms with E-state index in [1.54, 1.807) is 26.0 Å². The average molecular weight is 344 g/mol. The highest BCUT2D eigenvalue weighted by atomic mass is 79.9. The molecule has 2 rings (SSSR count). The first-order valence-electron chi connectivity index (χ1n) is 5.86. The monoisotopic (exact) mass is 343 g/mol. The van der Waals surface area contributed by atoms with Crippen molar-refractivity contribution < 1.29 is 9.23 Å². The second kappa shape index (κ2) is 5.37. The molecule has 0 aromatic heterocycles. The molecule has 108 valence electrons. The largest absolute Gasteiger partial charge is 0.368 e. The van der Waals surface area contributed by atoms with Crippen molar-refractivity contribution in [1.29, 1.82) is 0 Å². The number of halogens is 2.